The summed E-state index contributed by atoms with van der Waals surface area (Å²) < 4.78 is 0. The van der Waals surface area contributed by atoms with Crippen molar-refractivity contribution in [1.29, 1.82) is 0 Å². The van der Waals surface area contributed by atoms with E-state index in [1.807, 2.05) is 18.2 Å². The van der Waals surface area contributed by atoms with Gasteiger partial charge in [-0.3, -0.25) is 0 Å². The van der Waals surface area contributed by atoms with Crippen LogP contribution in [0.3, 0.4) is 0 Å². The van der Waals surface area contributed by atoms with Gasteiger partial charge in [0.2, 0.25) is 0 Å². The standard InChI is InChI=1S/C60H36N6/c1-4-28-49-43(22-1)46-25-7-10-31-52(46)61-55(49)37-16-13-19-40(34-37)58-64-59(41-20-14-17-38(35-41)56-50-29-5-2-23-44(50)47-26-8-11-32-53(47)62-56)66-60(65-58)42-21-15-18-39(36-42)57-51-30-6-3-24-45(51)48-27-9-12-33-54(48)63-57/h1-36H. The number of rotatable bonds is 6. The molecular weight excluding hydrogens is 805 g/mol. The van der Waals surface area contributed by atoms with Crippen LogP contribution in [0.1, 0.15) is 0 Å². The van der Waals surface area contributed by atoms with Crippen molar-refractivity contribution >= 4 is 65.0 Å². The summed E-state index contributed by atoms with van der Waals surface area (Å²) in [5.74, 6) is 1.67. The van der Waals surface area contributed by atoms with Gasteiger partial charge < -0.3 is 0 Å². The van der Waals surface area contributed by atoms with Gasteiger partial charge in [-0.25, -0.2) is 29.9 Å². The minimum Gasteiger partial charge on any atom is -0.247 e. The molecule has 13 aromatic rings. The molecule has 9 aromatic carbocycles. The number of pyridine rings is 3. The molecule has 0 bridgehead atoms. The van der Waals surface area contributed by atoms with Crippen molar-refractivity contribution in [3.05, 3.63) is 218 Å². The van der Waals surface area contributed by atoms with E-state index < -0.39 is 0 Å². The van der Waals surface area contributed by atoms with Crippen molar-refractivity contribution in [3.8, 4) is 67.9 Å². The van der Waals surface area contributed by atoms with E-state index in [1.54, 1.807) is 0 Å². The van der Waals surface area contributed by atoms with Crippen LogP contribution < -0.4 is 0 Å². The molecule has 4 aromatic heterocycles. The lowest BCUT2D eigenvalue weighted by Gasteiger charge is -2.13. The van der Waals surface area contributed by atoms with Crippen LogP contribution in [-0.4, -0.2) is 29.9 Å². The van der Waals surface area contributed by atoms with Gasteiger partial charge in [0.15, 0.2) is 17.5 Å². The quantitative estimate of drug-likeness (QED) is 0.155. The van der Waals surface area contributed by atoms with E-state index >= 15 is 0 Å². The molecule has 0 amide bonds. The minimum absolute atomic E-state index is 0.557. The van der Waals surface area contributed by atoms with Gasteiger partial charge >= 0.3 is 0 Å². The normalized spacial score (nSPS) is 11.6. The molecule has 0 spiro atoms. The molecule has 13 rings (SSSR count). The summed E-state index contributed by atoms with van der Waals surface area (Å²) in [5, 5.41) is 10.1. The topological polar surface area (TPSA) is 77.3 Å². The fraction of sp³-hybridized carbons (Fsp3) is 0. The van der Waals surface area contributed by atoms with E-state index in [-0.39, 0.29) is 0 Å². The van der Waals surface area contributed by atoms with Crippen LogP contribution in [0.25, 0.3) is 133 Å². The first-order valence-electron chi connectivity index (χ1n) is 22.1. The maximum absolute atomic E-state index is 5.27. The van der Waals surface area contributed by atoms with Gasteiger partial charge in [-0.1, -0.05) is 182 Å². The Morgan fingerprint density at radius 3 is 0.727 bits per heavy atom. The van der Waals surface area contributed by atoms with Gasteiger partial charge in [-0.2, -0.15) is 0 Å². The van der Waals surface area contributed by atoms with Crippen LogP contribution in [-0.2, 0) is 0 Å². The summed E-state index contributed by atoms with van der Waals surface area (Å²) in [6, 6.07) is 75.6. The third-order valence-corrected chi connectivity index (χ3v) is 12.6. The molecule has 0 atom stereocenters. The molecular formula is C60H36N6. The Balaban J connectivity index is 1.00. The smallest absolute Gasteiger partial charge is 0.164 e. The molecule has 0 unspecified atom stereocenters. The number of nitrogens with zero attached hydrogens (tertiary/aromatic N) is 6. The Morgan fingerprint density at radius 2 is 0.424 bits per heavy atom. The molecule has 6 nitrogen and oxygen atoms in total. The van der Waals surface area contributed by atoms with Crippen LogP contribution in [0, 0.1) is 0 Å². The summed E-state index contributed by atoms with van der Waals surface area (Å²) in [6.07, 6.45) is 0. The second-order valence-electron chi connectivity index (χ2n) is 16.6. The highest BCUT2D eigenvalue weighted by Crippen LogP contribution is 2.38. The van der Waals surface area contributed by atoms with Crippen LogP contribution in [0.4, 0.5) is 0 Å². The van der Waals surface area contributed by atoms with Crippen molar-refractivity contribution in [2.24, 2.45) is 0 Å². The molecule has 0 aliphatic heterocycles. The third kappa shape index (κ3) is 6.34. The van der Waals surface area contributed by atoms with Gasteiger partial charge in [0.25, 0.3) is 0 Å². The average Bonchev–Trinajstić information content (AvgIpc) is 3.40. The van der Waals surface area contributed by atoms with Crippen molar-refractivity contribution in [2.75, 3.05) is 0 Å². The van der Waals surface area contributed by atoms with Gasteiger partial charge in [0.1, 0.15) is 0 Å². The zero-order valence-corrected chi connectivity index (χ0v) is 35.5. The van der Waals surface area contributed by atoms with E-state index in [1.165, 1.54) is 0 Å². The van der Waals surface area contributed by atoms with Crippen LogP contribution in [0.5, 0.6) is 0 Å². The Bertz CT molecular complexity index is 3650. The molecule has 0 N–H and O–H groups in total. The first-order chi connectivity index (χ1) is 32.7. The molecule has 0 saturated heterocycles. The minimum atomic E-state index is 0.557. The largest absolute Gasteiger partial charge is 0.247 e. The highest BCUT2D eigenvalue weighted by molar-refractivity contribution is 6.13. The average molecular weight is 841 g/mol. The summed E-state index contributed by atoms with van der Waals surface area (Å²) in [6.45, 7) is 0. The van der Waals surface area contributed by atoms with Gasteiger partial charge in [-0.15, -0.1) is 0 Å². The van der Waals surface area contributed by atoms with E-state index in [9.17, 15) is 0 Å². The fourth-order valence-corrected chi connectivity index (χ4v) is 9.55. The highest BCUT2D eigenvalue weighted by Gasteiger charge is 2.18. The number of hydrogen-bond acceptors (Lipinski definition) is 6. The second kappa shape index (κ2) is 15.4. The van der Waals surface area contributed by atoms with E-state index in [2.05, 4.69) is 200 Å². The van der Waals surface area contributed by atoms with E-state index in [0.717, 1.165) is 115 Å². The number of fused-ring (bicyclic) bond motifs is 9. The molecule has 0 radical (unpaired) electrons. The molecule has 0 fully saturated rings. The molecule has 6 heteroatoms. The van der Waals surface area contributed by atoms with Crippen LogP contribution >= 0.6 is 0 Å². The van der Waals surface area contributed by atoms with E-state index in [4.69, 9.17) is 29.9 Å². The Hall–Kier alpha value is -9.00. The maximum Gasteiger partial charge on any atom is 0.164 e. The Morgan fingerprint density at radius 1 is 0.182 bits per heavy atom. The number of para-hydroxylation sites is 3. The summed E-state index contributed by atoms with van der Waals surface area (Å²) >= 11 is 0. The molecule has 4 heterocycles. The lowest BCUT2D eigenvalue weighted by molar-refractivity contribution is 1.07. The first-order valence-corrected chi connectivity index (χ1v) is 22.1. The number of aromatic nitrogens is 6. The lowest BCUT2D eigenvalue weighted by atomic mass is 9.98. The molecule has 0 aliphatic carbocycles. The predicted molar refractivity (Wildman–Crippen MR) is 271 cm³/mol. The number of hydrogen-bond donors (Lipinski definition) is 0. The third-order valence-electron chi connectivity index (χ3n) is 12.6. The zero-order chi connectivity index (χ0) is 43.6. The summed E-state index contributed by atoms with van der Waals surface area (Å²) in [5.41, 5.74) is 11.1. The van der Waals surface area contributed by atoms with Crippen molar-refractivity contribution in [2.45, 2.75) is 0 Å². The number of benzene rings is 9. The van der Waals surface area contributed by atoms with Crippen molar-refractivity contribution in [3.63, 3.8) is 0 Å². The van der Waals surface area contributed by atoms with Crippen LogP contribution in [0.2, 0.25) is 0 Å². The van der Waals surface area contributed by atoms with Gasteiger partial charge in [0, 0.05) is 65.7 Å². The van der Waals surface area contributed by atoms with Crippen molar-refractivity contribution in [1.82, 2.24) is 29.9 Å². The van der Waals surface area contributed by atoms with Gasteiger partial charge in [-0.05, 0) is 52.6 Å². The zero-order valence-electron chi connectivity index (χ0n) is 35.5. The lowest BCUT2D eigenvalue weighted by Crippen LogP contribution is -2.01. The SMILES string of the molecule is c1cc(-c2nc(-c3cccc(-c4nc5ccccc5c5ccccc45)c3)nc(-c3cccc(-c4nc5ccccc5c5ccccc45)c3)n2)cc(-c2nc3ccccc3c3ccccc23)c1. The summed E-state index contributed by atoms with van der Waals surface area (Å²) in [4.78, 5) is 31.5. The molecule has 306 valence electrons. The van der Waals surface area contributed by atoms with Crippen LogP contribution in [0.15, 0.2) is 218 Å². The fourth-order valence-electron chi connectivity index (χ4n) is 9.55. The molecule has 0 aliphatic rings. The van der Waals surface area contributed by atoms with Gasteiger partial charge in [0.05, 0.1) is 33.6 Å². The monoisotopic (exact) mass is 840 g/mol. The highest BCUT2D eigenvalue weighted by atomic mass is 15.0. The Kier molecular flexibility index (Phi) is 8.74. The first kappa shape index (κ1) is 37.5. The van der Waals surface area contributed by atoms with E-state index in [0.29, 0.717) is 17.5 Å². The predicted octanol–water partition coefficient (Wildman–Crippen LogP) is 15.0. The maximum atomic E-state index is 5.27. The molecule has 0 saturated carbocycles. The Labute approximate surface area is 379 Å². The second-order valence-corrected chi connectivity index (χ2v) is 16.6. The van der Waals surface area contributed by atoms with Crippen molar-refractivity contribution < 1.29 is 0 Å². The summed E-state index contributed by atoms with van der Waals surface area (Å²) in [7, 11) is 0. The molecule has 66 heavy (non-hydrogen) atoms.